The lowest BCUT2D eigenvalue weighted by Gasteiger charge is -2.28. The van der Waals surface area contributed by atoms with Gasteiger partial charge >= 0.3 is 12.1 Å². The first kappa shape index (κ1) is 37.0. The minimum Gasteiger partial charge on any atom is -0.494 e. The van der Waals surface area contributed by atoms with E-state index in [0.29, 0.717) is 12.3 Å². The molecule has 4 rings (SSSR count). The third kappa shape index (κ3) is 11.1. The number of sulfonamides is 1. The van der Waals surface area contributed by atoms with Crippen LogP contribution in [0.2, 0.25) is 0 Å². The van der Waals surface area contributed by atoms with Crippen LogP contribution in [0.15, 0.2) is 96.2 Å². The minimum absolute atomic E-state index is 0.0884. The van der Waals surface area contributed by atoms with E-state index in [9.17, 15) is 18.0 Å². The Hall–Kier alpha value is -4.81. The minimum atomic E-state index is -4.09. The number of benzene rings is 2. The Bertz CT molecular complexity index is 1820. The molecule has 1 unspecified atom stereocenters. The summed E-state index contributed by atoms with van der Waals surface area (Å²) in [5.74, 6) is 0.216. The van der Waals surface area contributed by atoms with Crippen LogP contribution in [0, 0.1) is 0 Å². The SMILES string of the molecule is CCOc1ccc(-c2ccc(CC(NS(=O)(=O)c3ccccn3)c3cccc(N(CC(=O)OC(C)(C)C)C(=O)OC(C)(C)C)n3)cc2)cc1. The van der Waals surface area contributed by atoms with Crippen molar-refractivity contribution >= 4 is 27.9 Å². The molecule has 49 heavy (non-hydrogen) atoms. The lowest BCUT2D eigenvalue weighted by molar-refractivity contribution is -0.153. The molecule has 0 aliphatic heterocycles. The molecule has 1 N–H and O–H groups in total. The zero-order valence-corrected chi connectivity index (χ0v) is 29.8. The van der Waals surface area contributed by atoms with Crippen molar-refractivity contribution in [1.29, 1.82) is 0 Å². The Balaban J connectivity index is 1.69. The average Bonchev–Trinajstić information content (AvgIpc) is 3.03. The molecule has 2 heterocycles. The van der Waals surface area contributed by atoms with Crippen molar-refractivity contribution in [1.82, 2.24) is 14.7 Å². The highest BCUT2D eigenvalue weighted by atomic mass is 32.2. The molecule has 0 aliphatic rings. The van der Waals surface area contributed by atoms with E-state index in [0.717, 1.165) is 27.3 Å². The first-order valence-corrected chi connectivity index (χ1v) is 17.5. The van der Waals surface area contributed by atoms with Crippen molar-refractivity contribution in [2.45, 2.75) is 77.2 Å². The van der Waals surface area contributed by atoms with E-state index in [2.05, 4.69) is 9.71 Å². The van der Waals surface area contributed by atoms with Gasteiger partial charge < -0.3 is 14.2 Å². The van der Waals surface area contributed by atoms with E-state index >= 15 is 0 Å². The molecule has 11 nitrogen and oxygen atoms in total. The van der Waals surface area contributed by atoms with Gasteiger partial charge in [0.2, 0.25) is 0 Å². The largest absolute Gasteiger partial charge is 0.494 e. The number of esters is 1. The number of carbonyl (C=O) groups is 2. The number of rotatable bonds is 12. The summed E-state index contributed by atoms with van der Waals surface area (Å²) < 4.78 is 46.4. The standard InChI is InChI=1S/C37H44N4O7S/c1-8-46-29-21-19-28(20-22-29)27-17-15-26(16-18-27)24-31(40-49(44,45)33-14-9-10-23-38-33)30-12-11-13-32(39-30)41(35(43)48-37(5,6)7)25-34(42)47-36(2,3)4/h9-23,31,40H,8,24-25H2,1-7H3. The van der Waals surface area contributed by atoms with Crippen molar-refractivity contribution in [3.63, 3.8) is 0 Å². The van der Waals surface area contributed by atoms with Crippen LogP contribution in [0.3, 0.4) is 0 Å². The fraction of sp³-hybridized carbons (Fsp3) is 0.351. The van der Waals surface area contributed by atoms with Gasteiger partial charge in [0, 0.05) is 6.20 Å². The van der Waals surface area contributed by atoms with E-state index < -0.39 is 45.9 Å². The maximum Gasteiger partial charge on any atom is 0.416 e. The number of hydrogen-bond donors (Lipinski definition) is 1. The topological polar surface area (TPSA) is 137 Å². The molecule has 0 radical (unpaired) electrons. The Morgan fingerprint density at radius 2 is 1.45 bits per heavy atom. The molecule has 260 valence electrons. The van der Waals surface area contributed by atoms with Crippen molar-refractivity contribution in [3.05, 3.63) is 102 Å². The smallest absolute Gasteiger partial charge is 0.416 e. The van der Waals surface area contributed by atoms with Gasteiger partial charge in [-0.05, 0) is 108 Å². The molecule has 1 amide bonds. The van der Waals surface area contributed by atoms with E-state index in [4.69, 9.17) is 19.2 Å². The van der Waals surface area contributed by atoms with Gasteiger partial charge in [0.25, 0.3) is 10.0 Å². The van der Waals surface area contributed by atoms with Crippen LogP contribution in [0.5, 0.6) is 5.75 Å². The highest BCUT2D eigenvalue weighted by Crippen LogP contribution is 2.27. The molecule has 0 bridgehead atoms. The normalized spacial score (nSPS) is 12.6. The lowest BCUT2D eigenvalue weighted by Crippen LogP contribution is -2.42. The van der Waals surface area contributed by atoms with Crippen molar-refractivity contribution < 1.29 is 32.2 Å². The average molecular weight is 689 g/mol. The van der Waals surface area contributed by atoms with Crippen LogP contribution in [0.25, 0.3) is 11.1 Å². The Kier molecular flexibility index (Phi) is 11.8. The van der Waals surface area contributed by atoms with Gasteiger partial charge in [-0.3, -0.25) is 9.69 Å². The number of carbonyl (C=O) groups excluding carboxylic acids is 2. The summed E-state index contributed by atoms with van der Waals surface area (Å²) in [5, 5.41) is -0.151. The van der Waals surface area contributed by atoms with Gasteiger partial charge in [-0.1, -0.05) is 48.5 Å². The number of hydrogen-bond acceptors (Lipinski definition) is 9. The fourth-order valence-corrected chi connectivity index (χ4v) is 5.94. The number of nitrogens with zero attached hydrogens (tertiary/aromatic N) is 3. The van der Waals surface area contributed by atoms with Crippen LogP contribution in [-0.4, -0.2) is 54.8 Å². The molecular weight excluding hydrogens is 644 g/mol. The molecule has 0 aliphatic carbocycles. The predicted molar refractivity (Wildman–Crippen MR) is 188 cm³/mol. The summed E-state index contributed by atoms with van der Waals surface area (Å²) in [4.78, 5) is 36.1. The first-order chi connectivity index (χ1) is 23.0. The van der Waals surface area contributed by atoms with Gasteiger partial charge in [0.05, 0.1) is 18.3 Å². The third-order valence-corrected chi connectivity index (χ3v) is 8.20. The van der Waals surface area contributed by atoms with Crippen LogP contribution in [0.4, 0.5) is 10.6 Å². The van der Waals surface area contributed by atoms with E-state index in [1.807, 2.05) is 55.5 Å². The summed E-state index contributed by atoms with van der Waals surface area (Å²) in [5.41, 5.74) is 1.47. The van der Waals surface area contributed by atoms with Crippen LogP contribution >= 0.6 is 0 Å². The maximum absolute atomic E-state index is 13.5. The summed E-state index contributed by atoms with van der Waals surface area (Å²) in [6, 6.07) is 24.1. The zero-order chi connectivity index (χ0) is 35.8. The maximum atomic E-state index is 13.5. The van der Waals surface area contributed by atoms with Gasteiger partial charge in [-0.15, -0.1) is 0 Å². The summed E-state index contributed by atoms with van der Waals surface area (Å²) in [6.07, 6.45) is 0.806. The molecule has 0 saturated carbocycles. The number of nitrogens with one attached hydrogen (secondary N) is 1. The molecule has 2 aromatic heterocycles. The zero-order valence-electron chi connectivity index (χ0n) is 29.0. The molecule has 0 saturated heterocycles. The van der Waals surface area contributed by atoms with Gasteiger partial charge in [-0.2, -0.15) is 0 Å². The van der Waals surface area contributed by atoms with Gasteiger partial charge in [0.1, 0.15) is 29.3 Å². The van der Waals surface area contributed by atoms with Crippen LogP contribution in [-0.2, 0) is 30.7 Å². The Morgan fingerprint density at radius 3 is 2.02 bits per heavy atom. The number of amides is 1. The van der Waals surface area contributed by atoms with E-state index in [-0.39, 0.29) is 17.3 Å². The third-order valence-electron chi connectivity index (χ3n) is 6.81. The molecule has 0 spiro atoms. The van der Waals surface area contributed by atoms with Crippen molar-refractivity contribution in [3.8, 4) is 16.9 Å². The second kappa shape index (κ2) is 15.6. The number of pyridine rings is 2. The van der Waals surface area contributed by atoms with Gasteiger partial charge in [0.15, 0.2) is 5.03 Å². The lowest BCUT2D eigenvalue weighted by atomic mass is 9.99. The van der Waals surface area contributed by atoms with Crippen LogP contribution in [0.1, 0.15) is 65.8 Å². The Morgan fingerprint density at radius 1 is 0.816 bits per heavy atom. The first-order valence-electron chi connectivity index (χ1n) is 16.0. The number of aromatic nitrogens is 2. The van der Waals surface area contributed by atoms with Gasteiger partial charge in [-0.25, -0.2) is 27.9 Å². The quantitative estimate of drug-likeness (QED) is 0.158. The molecular formula is C37H44N4O7S. The molecule has 1 atom stereocenters. The summed E-state index contributed by atoms with van der Waals surface area (Å²) in [6.45, 7) is 12.4. The molecule has 0 fully saturated rings. The monoisotopic (exact) mass is 688 g/mol. The Labute approximate surface area is 288 Å². The predicted octanol–water partition coefficient (Wildman–Crippen LogP) is 6.89. The number of ether oxygens (including phenoxy) is 3. The number of anilines is 1. The summed E-state index contributed by atoms with van der Waals surface area (Å²) >= 11 is 0. The molecule has 2 aromatic carbocycles. The summed E-state index contributed by atoms with van der Waals surface area (Å²) in [7, 11) is -4.09. The second-order valence-corrected chi connectivity index (χ2v) is 14.9. The van der Waals surface area contributed by atoms with Crippen molar-refractivity contribution in [2.75, 3.05) is 18.1 Å². The van der Waals surface area contributed by atoms with E-state index in [1.54, 1.807) is 71.9 Å². The molecule has 4 aromatic rings. The second-order valence-electron chi connectivity index (χ2n) is 13.3. The molecule has 12 heteroatoms. The fourth-order valence-electron chi connectivity index (χ4n) is 4.78. The van der Waals surface area contributed by atoms with Crippen molar-refractivity contribution in [2.24, 2.45) is 0 Å². The highest BCUT2D eigenvalue weighted by molar-refractivity contribution is 7.89. The van der Waals surface area contributed by atoms with Crippen LogP contribution < -0.4 is 14.4 Å². The van der Waals surface area contributed by atoms with E-state index in [1.165, 1.54) is 12.3 Å². The highest BCUT2D eigenvalue weighted by Gasteiger charge is 2.30.